The monoisotopic (exact) mass is 427 g/mol. The van der Waals surface area contributed by atoms with Crippen LogP contribution < -0.4 is 15.9 Å². The fraction of sp³-hybridized carbons (Fsp3) is 0.0833. The number of rotatable bonds is 6. The van der Waals surface area contributed by atoms with Gasteiger partial charge in [0.1, 0.15) is 22.8 Å². The number of pyridine rings is 1. The first-order valence-corrected chi connectivity index (χ1v) is 9.92. The SMILES string of the molecule is CN(Cc1ccccc1)c1nc2ccccn2c(=O)c1C=NNC(=O)c1ccccc1O. The Morgan fingerprint density at radius 1 is 1.09 bits per heavy atom. The van der Waals surface area contributed by atoms with Gasteiger partial charge < -0.3 is 10.0 Å². The van der Waals surface area contributed by atoms with Crippen molar-refractivity contribution in [2.45, 2.75) is 6.54 Å². The summed E-state index contributed by atoms with van der Waals surface area (Å²) in [5.41, 5.74) is 3.91. The Morgan fingerprint density at radius 2 is 1.81 bits per heavy atom. The molecular weight excluding hydrogens is 406 g/mol. The van der Waals surface area contributed by atoms with Crippen molar-refractivity contribution in [1.29, 1.82) is 0 Å². The second-order valence-corrected chi connectivity index (χ2v) is 7.14. The van der Waals surface area contributed by atoms with E-state index in [9.17, 15) is 14.7 Å². The molecule has 0 spiro atoms. The molecule has 32 heavy (non-hydrogen) atoms. The summed E-state index contributed by atoms with van der Waals surface area (Å²) in [7, 11) is 1.84. The number of anilines is 1. The third kappa shape index (κ3) is 4.34. The van der Waals surface area contributed by atoms with E-state index in [1.807, 2.05) is 48.3 Å². The van der Waals surface area contributed by atoms with Gasteiger partial charge in [-0.05, 0) is 29.8 Å². The van der Waals surface area contributed by atoms with Gasteiger partial charge in [0, 0.05) is 19.8 Å². The number of para-hydroxylation sites is 1. The smallest absolute Gasteiger partial charge is 0.275 e. The Morgan fingerprint density at radius 3 is 2.59 bits per heavy atom. The predicted octanol–water partition coefficient (Wildman–Crippen LogP) is 2.80. The highest BCUT2D eigenvalue weighted by atomic mass is 16.3. The van der Waals surface area contributed by atoms with Crippen LogP contribution in [0.3, 0.4) is 0 Å². The summed E-state index contributed by atoms with van der Waals surface area (Å²) in [5, 5.41) is 13.8. The first-order chi connectivity index (χ1) is 15.5. The zero-order valence-electron chi connectivity index (χ0n) is 17.3. The second kappa shape index (κ2) is 9.13. The summed E-state index contributed by atoms with van der Waals surface area (Å²) in [6.07, 6.45) is 2.91. The maximum absolute atomic E-state index is 13.2. The lowest BCUT2D eigenvalue weighted by atomic mass is 10.2. The quantitative estimate of drug-likeness (QED) is 0.364. The van der Waals surface area contributed by atoms with Crippen molar-refractivity contribution in [1.82, 2.24) is 14.8 Å². The van der Waals surface area contributed by atoms with E-state index in [4.69, 9.17) is 0 Å². The lowest BCUT2D eigenvalue weighted by Crippen LogP contribution is -2.28. The third-order valence-corrected chi connectivity index (χ3v) is 4.88. The Bertz CT molecular complexity index is 1350. The number of aromatic nitrogens is 2. The van der Waals surface area contributed by atoms with Crippen molar-refractivity contribution >= 4 is 23.6 Å². The van der Waals surface area contributed by atoms with Crippen molar-refractivity contribution in [3.63, 3.8) is 0 Å². The summed E-state index contributed by atoms with van der Waals surface area (Å²) in [4.78, 5) is 32.0. The van der Waals surface area contributed by atoms with Gasteiger partial charge in [0.25, 0.3) is 11.5 Å². The molecule has 2 heterocycles. The van der Waals surface area contributed by atoms with E-state index in [2.05, 4.69) is 15.5 Å². The molecule has 0 fully saturated rings. The lowest BCUT2D eigenvalue weighted by Gasteiger charge is -2.20. The minimum absolute atomic E-state index is 0.0828. The molecule has 4 aromatic rings. The Hall–Kier alpha value is -4.46. The third-order valence-electron chi connectivity index (χ3n) is 4.88. The number of aromatic hydroxyl groups is 1. The summed E-state index contributed by atoms with van der Waals surface area (Å²) in [6, 6.07) is 21.3. The average molecular weight is 427 g/mol. The van der Waals surface area contributed by atoms with E-state index in [0.717, 1.165) is 5.56 Å². The van der Waals surface area contributed by atoms with Crippen LogP contribution in [0.1, 0.15) is 21.5 Å². The van der Waals surface area contributed by atoms with Crippen LogP contribution in [-0.2, 0) is 6.54 Å². The summed E-state index contributed by atoms with van der Waals surface area (Å²) in [6.45, 7) is 0.529. The molecule has 0 aliphatic carbocycles. The molecule has 1 amide bonds. The van der Waals surface area contributed by atoms with E-state index >= 15 is 0 Å². The van der Waals surface area contributed by atoms with Gasteiger partial charge in [0.05, 0.1) is 11.8 Å². The minimum atomic E-state index is -0.590. The second-order valence-electron chi connectivity index (χ2n) is 7.14. The maximum atomic E-state index is 13.2. The molecule has 0 saturated heterocycles. The Labute approximate surface area is 184 Å². The van der Waals surface area contributed by atoms with E-state index in [1.165, 1.54) is 22.7 Å². The van der Waals surface area contributed by atoms with Crippen LogP contribution in [0.2, 0.25) is 0 Å². The summed E-state index contributed by atoms with van der Waals surface area (Å²) in [5.74, 6) is -0.311. The van der Waals surface area contributed by atoms with Gasteiger partial charge in [-0.3, -0.25) is 14.0 Å². The standard InChI is InChI=1S/C24H21N5O3/c1-28(16-17-9-3-2-4-10-17)22-19(24(32)29-14-8-7-13-21(29)26-22)15-25-27-23(31)18-11-5-6-12-20(18)30/h2-15,30H,16H2,1H3,(H,27,31). The number of carbonyl (C=O) groups excluding carboxylic acids is 1. The molecule has 0 radical (unpaired) electrons. The maximum Gasteiger partial charge on any atom is 0.275 e. The number of hydrogen-bond donors (Lipinski definition) is 2. The molecule has 8 heteroatoms. The molecule has 160 valence electrons. The number of carbonyl (C=O) groups is 1. The molecule has 0 atom stereocenters. The first-order valence-electron chi connectivity index (χ1n) is 9.92. The van der Waals surface area contributed by atoms with Gasteiger partial charge in [-0.2, -0.15) is 5.10 Å². The van der Waals surface area contributed by atoms with Crippen molar-refractivity contribution in [3.8, 4) is 5.75 Å². The molecule has 2 aromatic heterocycles. The number of benzene rings is 2. The predicted molar refractivity (Wildman–Crippen MR) is 123 cm³/mol. The van der Waals surface area contributed by atoms with Gasteiger partial charge >= 0.3 is 0 Å². The summed E-state index contributed by atoms with van der Waals surface area (Å²) >= 11 is 0. The highest BCUT2D eigenvalue weighted by molar-refractivity contribution is 5.97. The molecule has 2 aromatic carbocycles. The topological polar surface area (TPSA) is 99.3 Å². The molecule has 8 nitrogen and oxygen atoms in total. The zero-order valence-corrected chi connectivity index (χ0v) is 17.3. The van der Waals surface area contributed by atoms with Crippen molar-refractivity contribution < 1.29 is 9.90 Å². The van der Waals surface area contributed by atoms with Crippen molar-refractivity contribution in [2.24, 2.45) is 5.10 Å². The number of phenols is 1. The van der Waals surface area contributed by atoms with E-state index in [0.29, 0.717) is 18.0 Å². The van der Waals surface area contributed by atoms with Gasteiger partial charge in [-0.1, -0.05) is 48.5 Å². The first kappa shape index (κ1) is 20.8. The van der Waals surface area contributed by atoms with Crippen LogP contribution in [0.5, 0.6) is 5.75 Å². The molecule has 0 unspecified atom stereocenters. The number of nitrogens with zero attached hydrogens (tertiary/aromatic N) is 4. The zero-order chi connectivity index (χ0) is 22.5. The fourth-order valence-electron chi connectivity index (χ4n) is 3.31. The average Bonchev–Trinajstić information content (AvgIpc) is 2.81. The van der Waals surface area contributed by atoms with E-state index in [1.54, 1.807) is 30.5 Å². The number of fused-ring (bicyclic) bond motifs is 1. The highest BCUT2D eigenvalue weighted by Gasteiger charge is 2.16. The van der Waals surface area contributed by atoms with Crippen LogP contribution in [-0.4, -0.2) is 33.7 Å². The Kier molecular flexibility index (Phi) is 5.94. The molecule has 0 aliphatic rings. The summed E-state index contributed by atoms with van der Waals surface area (Å²) < 4.78 is 1.42. The van der Waals surface area contributed by atoms with Crippen LogP contribution in [0.15, 0.2) is 88.9 Å². The molecule has 4 rings (SSSR count). The van der Waals surface area contributed by atoms with E-state index < -0.39 is 5.91 Å². The van der Waals surface area contributed by atoms with Crippen LogP contribution in [0.25, 0.3) is 5.65 Å². The lowest BCUT2D eigenvalue weighted by molar-refractivity contribution is 0.0952. The van der Waals surface area contributed by atoms with Crippen molar-refractivity contribution in [3.05, 3.63) is 106 Å². The Balaban J connectivity index is 1.68. The van der Waals surface area contributed by atoms with Gasteiger partial charge in [0.15, 0.2) is 0 Å². The molecular formula is C24H21N5O3. The minimum Gasteiger partial charge on any atom is -0.507 e. The molecule has 0 saturated carbocycles. The fourth-order valence-corrected chi connectivity index (χ4v) is 3.31. The highest BCUT2D eigenvalue weighted by Crippen LogP contribution is 2.17. The largest absolute Gasteiger partial charge is 0.507 e. The number of amides is 1. The van der Waals surface area contributed by atoms with Gasteiger partial charge in [-0.15, -0.1) is 0 Å². The molecule has 0 bridgehead atoms. The number of hydrazone groups is 1. The van der Waals surface area contributed by atoms with Gasteiger partial charge in [-0.25, -0.2) is 10.4 Å². The van der Waals surface area contributed by atoms with Gasteiger partial charge in [0.2, 0.25) is 0 Å². The van der Waals surface area contributed by atoms with Crippen LogP contribution in [0.4, 0.5) is 5.82 Å². The normalized spacial score (nSPS) is 11.0. The van der Waals surface area contributed by atoms with Crippen molar-refractivity contribution in [2.75, 3.05) is 11.9 Å². The molecule has 0 aliphatic heterocycles. The number of phenolic OH excluding ortho intramolecular Hbond substituents is 1. The molecule has 2 N–H and O–H groups in total. The van der Waals surface area contributed by atoms with Crippen LogP contribution in [0, 0.1) is 0 Å². The van der Waals surface area contributed by atoms with E-state index in [-0.39, 0.29) is 22.4 Å². The number of hydrogen-bond acceptors (Lipinski definition) is 6. The number of nitrogens with one attached hydrogen (secondary N) is 1. The van der Waals surface area contributed by atoms with Crippen LogP contribution >= 0.6 is 0 Å².